The maximum Gasteiger partial charge on any atom is 0.0593 e. The third-order valence-electron chi connectivity index (χ3n) is 2.42. The Labute approximate surface area is 69.5 Å². The minimum atomic E-state index is 0.787. The molecule has 1 aliphatic rings. The molecule has 1 aliphatic heterocycles. The first-order valence-electron chi connectivity index (χ1n) is 4.66. The lowest BCUT2D eigenvalue weighted by molar-refractivity contribution is 0.111. The predicted molar refractivity (Wildman–Crippen MR) is 46.8 cm³/mol. The third-order valence-corrected chi connectivity index (χ3v) is 2.42. The fraction of sp³-hybridized carbons (Fsp3) is 1.00. The van der Waals surface area contributed by atoms with Crippen molar-refractivity contribution >= 4 is 0 Å². The van der Waals surface area contributed by atoms with E-state index in [9.17, 15) is 0 Å². The molecule has 0 saturated carbocycles. The summed E-state index contributed by atoms with van der Waals surface area (Å²) in [5.74, 6) is 0. The van der Waals surface area contributed by atoms with E-state index in [0.29, 0.717) is 0 Å². The van der Waals surface area contributed by atoms with E-state index in [1.165, 1.54) is 19.4 Å². The lowest BCUT2D eigenvalue weighted by Crippen LogP contribution is -2.30. The molecule has 0 spiro atoms. The minimum absolute atomic E-state index is 0.787. The molecule has 11 heavy (non-hydrogen) atoms. The summed E-state index contributed by atoms with van der Waals surface area (Å²) in [5, 5.41) is 0. The van der Waals surface area contributed by atoms with Gasteiger partial charge in [-0.05, 0) is 33.2 Å². The molecule has 1 rings (SSSR count). The van der Waals surface area contributed by atoms with Crippen LogP contribution in [0.1, 0.15) is 26.7 Å². The van der Waals surface area contributed by atoms with E-state index in [1.54, 1.807) is 0 Å². The van der Waals surface area contributed by atoms with E-state index in [0.717, 1.165) is 25.8 Å². The van der Waals surface area contributed by atoms with Gasteiger partial charge in [-0.2, -0.15) is 0 Å². The van der Waals surface area contributed by atoms with Crippen LogP contribution in [0.25, 0.3) is 0 Å². The highest BCUT2D eigenvalue weighted by Gasteiger charge is 2.18. The maximum atomic E-state index is 5.30. The van der Waals surface area contributed by atoms with Crippen LogP contribution in [-0.2, 0) is 4.74 Å². The molecule has 0 aromatic carbocycles. The van der Waals surface area contributed by atoms with Crippen molar-refractivity contribution in [1.82, 2.24) is 4.90 Å². The van der Waals surface area contributed by atoms with Crippen LogP contribution in [0.4, 0.5) is 0 Å². The summed E-state index contributed by atoms with van der Waals surface area (Å²) < 4.78 is 5.30. The second-order valence-corrected chi connectivity index (χ2v) is 3.22. The van der Waals surface area contributed by atoms with Crippen molar-refractivity contribution in [2.75, 3.05) is 26.3 Å². The highest BCUT2D eigenvalue weighted by molar-refractivity contribution is 4.74. The molecule has 2 nitrogen and oxygen atoms in total. The molecule has 1 heterocycles. The number of nitrogens with zero attached hydrogens (tertiary/aromatic N) is 1. The molecule has 1 fully saturated rings. The van der Waals surface area contributed by atoms with Crippen LogP contribution in [0, 0.1) is 0 Å². The molecule has 0 radical (unpaired) electrons. The van der Waals surface area contributed by atoms with Gasteiger partial charge in [-0.1, -0.05) is 0 Å². The first-order valence-corrected chi connectivity index (χ1v) is 4.66. The van der Waals surface area contributed by atoms with Crippen molar-refractivity contribution in [3.8, 4) is 0 Å². The molecular weight excluding hydrogens is 138 g/mol. The zero-order valence-electron chi connectivity index (χ0n) is 7.68. The normalized spacial score (nSPS) is 26.2. The van der Waals surface area contributed by atoms with E-state index in [1.807, 2.05) is 6.92 Å². The van der Waals surface area contributed by atoms with E-state index < -0.39 is 0 Å². The summed E-state index contributed by atoms with van der Waals surface area (Å²) in [4.78, 5) is 2.51. The highest BCUT2D eigenvalue weighted by atomic mass is 16.5. The molecular formula is C9H19NO. The zero-order valence-corrected chi connectivity index (χ0v) is 7.68. The number of hydrogen-bond donors (Lipinski definition) is 0. The largest absolute Gasteiger partial charge is 0.380 e. The highest BCUT2D eigenvalue weighted by Crippen LogP contribution is 2.15. The van der Waals surface area contributed by atoms with Crippen molar-refractivity contribution in [2.45, 2.75) is 32.7 Å². The zero-order chi connectivity index (χ0) is 8.10. The van der Waals surface area contributed by atoms with Gasteiger partial charge in [-0.25, -0.2) is 0 Å². The van der Waals surface area contributed by atoms with Crippen LogP contribution in [0.5, 0.6) is 0 Å². The van der Waals surface area contributed by atoms with Crippen molar-refractivity contribution < 1.29 is 4.74 Å². The van der Waals surface area contributed by atoms with E-state index in [-0.39, 0.29) is 0 Å². The molecule has 0 aliphatic carbocycles. The van der Waals surface area contributed by atoms with Gasteiger partial charge in [0.2, 0.25) is 0 Å². The van der Waals surface area contributed by atoms with E-state index in [2.05, 4.69) is 11.8 Å². The Morgan fingerprint density at radius 1 is 1.55 bits per heavy atom. The summed E-state index contributed by atoms with van der Waals surface area (Å²) in [6.45, 7) is 8.50. The molecule has 0 N–H and O–H groups in total. The molecule has 1 saturated heterocycles. The first-order chi connectivity index (χ1) is 5.34. The van der Waals surface area contributed by atoms with Gasteiger partial charge in [0.1, 0.15) is 0 Å². The average molecular weight is 157 g/mol. The van der Waals surface area contributed by atoms with Crippen LogP contribution in [0.2, 0.25) is 0 Å². The maximum absolute atomic E-state index is 5.30. The number of rotatable bonds is 4. The monoisotopic (exact) mass is 157 g/mol. The first kappa shape index (κ1) is 9.01. The van der Waals surface area contributed by atoms with Crippen LogP contribution >= 0.6 is 0 Å². The lowest BCUT2D eigenvalue weighted by atomic mass is 10.2. The molecule has 2 heteroatoms. The van der Waals surface area contributed by atoms with Crippen molar-refractivity contribution in [2.24, 2.45) is 0 Å². The van der Waals surface area contributed by atoms with Crippen LogP contribution in [-0.4, -0.2) is 37.2 Å². The molecule has 0 aromatic rings. The minimum Gasteiger partial charge on any atom is -0.380 e. The molecule has 66 valence electrons. The Balaban J connectivity index is 2.05. The van der Waals surface area contributed by atoms with Crippen LogP contribution < -0.4 is 0 Å². The Kier molecular flexibility index (Phi) is 3.87. The van der Waals surface area contributed by atoms with Gasteiger partial charge < -0.3 is 4.74 Å². The average Bonchev–Trinajstić information content (AvgIpc) is 2.37. The SMILES string of the molecule is CCOCCN1CCCC1C. The number of hydrogen-bond acceptors (Lipinski definition) is 2. The quantitative estimate of drug-likeness (QED) is 0.573. The third kappa shape index (κ3) is 2.80. The van der Waals surface area contributed by atoms with Gasteiger partial charge >= 0.3 is 0 Å². The van der Waals surface area contributed by atoms with Gasteiger partial charge in [0.25, 0.3) is 0 Å². The second-order valence-electron chi connectivity index (χ2n) is 3.22. The van der Waals surface area contributed by atoms with Gasteiger partial charge in [-0.15, -0.1) is 0 Å². The molecule has 1 atom stereocenters. The molecule has 0 aromatic heterocycles. The Morgan fingerprint density at radius 3 is 2.91 bits per heavy atom. The standard InChI is InChI=1S/C9H19NO/c1-3-11-8-7-10-6-4-5-9(10)2/h9H,3-8H2,1-2H3. The summed E-state index contributed by atoms with van der Waals surface area (Å²) in [7, 11) is 0. The summed E-state index contributed by atoms with van der Waals surface area (Å²) >= 11 is 0. The summed E-state index contributed by atoms with van der Waals surface area (Å²) in [6.07, 6.45) is 2.74. The molecule has 1 unspecified atom stereocenters. The smallest absolute Gasteiger partial charge is 0.0593 e. The van der Waals surface area contributed by atoms with Crippen LogP contribution in [0.15, 0.2) is 0 Å². The second kappa shape index (κ2) is 4.73. The fourth-order valence-corrected chi connectivity index (χ4v) is 1.65. The van der Waals surface area contributed by atoms with E-state index >= 15 is 0 Å². The summed E-state index contributed by atoms with van der Waals surface area (Å²) in [5.41, 5.74) is 0. The Morgan fingerprint density at radius 2 is 2.36 bits per heavy atom. The van der Waals surface area contributed by atoms with Gasteiger partial charge in [0, 0.05) is 19.2 Å². The van der Waals surface area contributed by atoms with Gasteiger partial charge in [0.15, 0.2) is 0 Å². The van der Waals surface area contributed by atoms with Gasteiger partial charge in [0.05, 0.1) is 6.61 Å². The predicted octanol–water partition coefficient (Wildman–Crippen LogP) is 1.51. The topological polar surface area (TPSA) is 12.5 Å². The Bertz CT molecular complexity index is 106. The summed E-state index contributed by atoms with van der Waals surface area (Å²) in [6, 6.07) is 0.787. The Hall–Kier alpha value is -0.0800. The van der Waals surface area contributed by atoms with Gasteiger partial charge in [-0.3, -0.25) is 4.90 Å². The van der Waals surface area contributed by atoms with Crippen molar-refractivity contribution in [3.05, 3.63) is 0 Å². The number of likely N-dealkylation sites (tertiary alicyclic amines) is 1. The molecule has 0 amide bonds. The lowest BCUT2D eigenvalue weighted by Gasteiger charge is -2.20. The molecule has 0 bridgehead atoms. The van der Waals surface area contributed by atoms with Crippen molar-refractivity contribution in [3.63, 3.8) is 0 Å². The fourth-order valence-electron chi connectivity index (χ4n) is 1.65. The number of ether oxygens (including phenoxy) is 1. The van der Waals surface area contributed by atoms with E-state index in [4.69, 9.17) is 4.74 Å². The van der Waals surface area contributed by atoms with Crippen LogP contribution in [0.3, 0.4) is 0 Å². The van der Waals surface area contributed by atoms with Crippen molar-refractivity contribution in [1.29, 1.82) is 0 Å².